The van der Waals surface area contributed by atoms with Gasteiger partial charge in [-0.3, -0.25) is 8.37 Å². The molecule has 1 saturated heterocycles. The van der Waals surface area contributed by atoms with Crippen LogP contribution < -0.4 is 0 Å². The summed E-state index contributed by atoms with van der Waals surface area (Å²) in [7, 11) is 1.41. The normalized spacial score (nSPS) is 30.2. The second kappa shape index (κ2) is 4.91. The number of hydrogen-bond donors (Lipinski definition) is 0. The molecule has 5 heteroatoms. The third kappa shape index (κ3) is 2.02. The minimum atomic E-state index is -0.279. The number of fused-ring (bicyclic) bond motifs is 1. The van der Waals surface area contributed by atoms with Gasteiger partial charge in [0.05, 0.1) is 12.7 Å². The first-order valence-electron chi connectivity index (χ1n) is 5.95. The van der Waals surface area contributed by atoms with E-state index in [9.17, 15) is 4.79 Å². The van der Waals surface area contributed by atoms with Gasteiger partial charge in [0.15, 0.2) is 12.3 Å². The first-order chi connectivity index (χ1) is 8.79. The lowest BCUT2D eigenvalue weighted by Gasteiger charge is -2.14. The fourth-order valence-corrected chi connectivity index (χ4v) is 3.34. The molecule has 1 aliphatic carbocycles. The van der Waals surface area contributed by atoms with Crippen LogP contribution in [0.2, 0.25) is 0 Å². The summed E-state index contributed by atoms with van der Waals surface area (Å²) in [5.74, 6) is 0.0232. The molecule has 0 bridgehead atoms. The lowest BCUT2D eigenvalue weighted by atomic mass is 9.93. The van der Waals surface area contributed by atoms with Gasteiger partial charge in [0.2, 0.25) is 0 Å². The highest BCUT2D eigenvalue weighted by atomic mass is 32.2. The molecular formula is C13H14O4S. The molecule has 1 heterocycles. The smallest absolute Gasteiger partial charge is 0.338 e. The monoisotopic (exact) mass is 266 g/mol. The second-order valence-electron chi connectivity index (χ2n) is 4.58. The van der Waals surface area contributed by atoms with Crippen LogP contribution in [-0.2, 0) is 13.1 Å². The van der Waals surface area contributed by atoms with Crippen LogP contribution in [0, 0.1) is 0 Å². The van der Waals surface area contributed by atoms with E-state index in [0.717, 1.165) is 30.7 Å². The Bertz CT molecular complexity index is 450. The van der Waals surface area contributed by atoms with Gasteiger partial charge in [0, 0.05) is 0 Å². The molecule has 1 saturated carbocycles. The number of benzene rings is 1. The Morgan fingerprint density at radius 2 is 1.94 bits per heavy atom. The quantitative estimate of drug-likeness (QED) is 0.608. The Kier molecular flexibility index (Phi) is 3.28. The molecule has 0 amide bonds. The minimum Gasteiger partial charge on any atom is -0.465 e. The van der Waals surface area contributed by atoms with Crippen molar-refractivity contribution in [2.75, 3.05) is 7.11 Å². The van der Waals surface area contributed by atoms with Crippen LogP contribution in [-0.4, -0.2) is 25.3 Å². The van der Waals surface area contributed by atoms with E-state index in [-0.39, 0.29) is 18.2 Å². The van der Waals surface area contributed by atoms with Gasteiger partial charge in [-0.1, -0.05) is 18.2 Å². The molecular weight excluding hydrogens is 252 g/mol. The molecule has 2 aliphatic rings. The molecule has 4 nitrogen and oxygen atoms in total. The Morgan fingerprint density at radius 1 is 1.28 bits per heavy atom. The Morgan fingerprint density at radius 3 is 2.61 bits per heavy atom. The van der Waals surface area contributed by atoms with Gasteiger partial charge in [0.1, 0.15) is 12.2 Å². The Labute approximate surface area is 110 Å². The van der Waals surface area contributed by atoms with Crippen molar-refractivity contribution in [3.8, 4) is 0 Å². The largest absolute Gasteiger partial charge is 0.465 e. The molecule has 0 spiro atoms. The lowest BCUT2D eigenvalue weighted by Crippen LogP contribution is -2.13. The van der Waals surface area contributed by atoms with Crippen LogP contribution in [0.3, 0.4) is 0 Å². The molecule has 18 heavy (non-hydrogen) atoms. The maximum absolute atomic E-state index is 11.7. The molecule has 1 aromatic carbocycles. The number of carbonyl (C=O) groups is 1. The number of ether oxygens (including phenoxy) is 1. The Hall–Kier alpha value is -1.04. The van der Waals surface area contributed by atoms with Gasteiger partial charge in [-0.05, 0) is 30.4 Å². The maximum atomic E-state index is 11.7. The van der Waals surface area contributed by atoms with Crippen LogP contribution in [0.5, 0.6) is 0 Å². The van der Waals surface area contributed by atoms with Crippen molar-refractivity contribution in [3.63, 3.8) is 0 Å². The predicted molar refractivity (Wildman–Crippen MR) is 67.1 cm³/mol. The summed E-state index contributed by atoms with van der Waals surface area (Å²) in [6.07, 6.45) is 2.08. The molecule has 0 radical (unpaired) electrons. The molecule has 1 aliphatic heterocycles. The third-order valence-corrected chi connectivity index (χ3v) is 4.23. The van der Waals surface area contributed by atoms with Gasteiger partial charge in [-0.2, -0.15) is 0 Å². The second-order valence-corrected chi connectivity index (χ2v) is 5.11. The highest BCUT2D eigenvalue weighted by Crippen LogP contribution is 2.45. The third-order valence-electron chi connectivity index (χ3n) is 3.58. The van der Waals surface area contributed by atoms with Crippen molar-refractivity contribution in [1.82, 2.24) is 0 Å². The molecule has 3 rings (SSSR count). The number of esters is 1. The zero-order chi connectivity index (χ0) is 12.5. The van der Waals surface area contributed by atoms with Crippen LogP contribution in [0.15, 0.2) is 24.3 Å². The minimum absolute atomic E-state index is 0.144. The number of hydrogen-bond acceptors (Lipinski definition) is 5. The molecule has 0 aromatic heterocycles. The molecule has 2 fully saturated rings. The van der Waals surface area contributed by atoms with Gasteiger partial charge in [-0.25, -0.2) is 4.79 Å². The highest BCUT2D eigenvalue weighted by Gasteiger charge is 2.42. The van der Waals surface area contributed by atoms with E-state index in [4.69, 9.17) is 13.1 Å². The van der Waals surface area contributed by atoms with Crippen LogP contribution >= 0.6 is 12.3 Å². The van der Waals surface area contributed by atoms with E-state index in [0.29, 0.717) is 11.5 Å². The highest BCUT2D eigenvalue weighted by molar-refractivity contribution is 7.90. The first-order valence-corrected chi connectivity index (χ1v) is 6.62. The van der Waals surface area contributed by atoms with E-state index >= 15 is 0 Å². The van der Waals surface area contributed by atoms with Crippen molar-refractivity contribution in [3.05, 3.63) is 35.4 Å². The lowest BCUT2D eigenvalue weighted by molar-refractivity contribution is 0.0598. The van der Waals surface area contributed by atoms with Crippen molar-refractivity contribution in [2.24, 2.45) is 0 Å². The standard InChI is InChI=1S/C13H14O4S/c1-15-13(14)10-5-3-2-4-9(10)8-6-11-12(7-8)17-18-16-11/h2-5,8,11-12H,6-7H2,1H3/t8?,11-,12+. The van der Waals surface area contributed by atoms with E-state index in [1.807, 2.05) is 24.3 Å². The summed E-state index contributed by atoms with van der Waals surface area (Å²) in [5.41, 5.74) is 1.69. The maximum Gasteiger partial charge on any atom is 0.338 e. The average Bonchev–Trinajstić information content (AvgIpc) is 2.98. The molecule has 96 valence electrons. The predicted octanol–water partition coefficient (Wildman–Crippen LogP) is 2.70. The average molecular weight is 266 g/mol. The number of carbonyl (C=O) groups excluding carboxylic acids is 1. The summed E-state index contributed by atoms with van der Waals surface area (Å²) < 4.78 is 15.7. The van der Waals surface area contributed by atoms with Gasteiger partial charge >= 0.3 is 5.97 Å². The van der Waals surface area contributed by atoms with Crippen LogP contribution in [0.25, 0.3) is 0 Å². The van der Waals surface area contributed by atoms with E-state index in [2.05, 4.69) is 0 Å². The van der Waals surface area contributed by atoms with Crippen LogP contribution in [0.4, 0.5) is 0 Å². The molecule has 1 aromatic rings. The molecule has 0 N–H and O–H groups in total. The first kappa shape index (κ1) is 12.0. The van der Waals surface area contributed by atoms with Gasteiger partial charge in [0.25, 0.3) is 0 Å². The van der Waals surface area contributed by atoms with Crippen molar-refractivity contribution < 1.29 is 17.9 Å². The van der Waals surface area contributed by atoms with E-state index in [1.54, 1.807) is 0 Å². The summed E-state index contributed by atoms with van der Waals surface area (Å²) in [6.45, 7) is 0. The number of methoxy groups -OCH3 is 1. The van der Waals surface area contributed by atoms with Crippen molar-refractivity contribution in [1.29, 1.82) is 0 Å². The van der Waals surface area contributed by atoms with Crippen molar-refractivity contribution >= 4 is 18.3 Å². The van der Waals surface area contributed by atoms with Crippen molar-refractivity contribution in [2.45, 2.75) is 31.0 Å². The zero-order valence-corrected chi connectivity index (χ0v) is 10.8. The summed E-state index contributed by atoms with van der Waals surface area (Å²) in [4.78, 5) is 11.7. The molecule has 3 atom stereocenters. The van der Waals surface area contributed by atoms with Gasteiger partial charge < -0.3 is 4.74 Å². The summed E-state index contributed by atoms with van der Waals surface area (Å²) in [5, 5.41) is 0. The fourth-order valence-electron chi connectivity index (χ4n) is 2.69. The molecule has 1 unspecified atom stereocenters. The van der Waals surface area contributed by atoms with E-state index < -0.39 is 0 Å². The number of rotatable bonds is 2. The summed E-state index contributed by atoms with van der Waals surface area (Å²) in [6, 6.07) is 7.61. The van der Waals surface area contributed by atoms with E-state index in [1.165, 1.54) is 7.11 Å². The fraction of sp³-hybridized carbons (Fsp3) is 0.462. The Balaban J connectivity index is 1.86. The summed E-state index contributed by atoms with van der Waals surface area (Å²) >= 11 is 1.09. The van der Waals surface area contributed by atoms with Crippen LogP contribution in [0.1, 0.15) is 34.7 Å². The SMILES string of the molecule is COC(=O)c1ccccc1C1C[C@@H]2OSO[C@@H]2C1. The topological polar surface area (TPSA) is 44.8 Å². The van der Waals surface area contributed by atoms with Gasteiger partial charge in [-0.15, -0.1) is 0 Å². The zero-order valence-electron chi connectivity index (χ0n) is 10.00.